The Labute approximate surface area is 92.1 Å². The molecule has 0 saturated carbocycles. The number of rotatable bonds is 1. The zero-order valence-electron chi connectivity index (χ0n) is 8.75. The number of aromatic nitrogens is 2. The van der Waals surface area contributed by atoms with Gasteiger partial charge >= 0.3 is 0 Å². The van der Waals surface area contributed by atoms with Gasteiger partial charge in [-0.3, -0.25) is 0 Å². The lowest BCUT2D eigenvalue weighted by molar-refractivity contribution is 0.520. The average Bonchev–Trinajstić information content (AvgIpc) is 2.74. The molecule has 1 aromatic rings. The second-order valence-electron chi connectivity index (χ2n) is 3.20. The summed E-state index contributed by atoms with van der Waals surface area (Å²) in [4.78, 5) is 6.95. The average molecular weight is 218 g/mol. The number of nitrogens with zero attached hydrogens (tertiary/aromatic N) is 1. The lowest BCUT2D eigenvalue weighted by atomic mass is 10.2. The van der Waals surface area contributed by atoms with Crippen LogP contribution >= 0.6 is 12.4 Å². The quantitative estimate of drug-likeness (QED) is 0.757. The molecular formula is C10H20ClN3. The molecule has 1 aliphatic rings. The Bertz CT molecular complexity index is 184. The van der Waals surface area contributed by atoms with Gasteiger partial charge in [0.2, 0.25) is 0 Å². The van der Waals surface area contributed by atoms with E-state index in [0.717, 1.165) is 12.2 Å². The molecule has 1 aromatic heterocycles. The Morgan fingerprint density at radius 3 is 2.21 bits per heavy atom. The molecule has 0 atom stereocenters. The van der Waals surface area contributed by atoms with Crippen LogP contribution in [0.1, 0.15) is 32.0 Å². The predicted molar refractivity (Wildman–Crippen MR) is 61.9 cm³/mol. The van der Waals surface area contributed by atoms with Gasteiger partial charge in [-0.05, 0) is 25.9 Å². The third-order valence-electron chi connectivity index (χ3n) is 2.10. The minimum atomic E-state index is 0. The van der Waals surface area contributed by atoms with Gasteiger partial charge in [0.1, 0.15) is 5.82 Å². The smallest absolute Gasteiger partial charge is 0.105 e. The minimum absolute atomic E-state index is 0. The molecule has 0 spiro atoms. The second-order valence-corrected chi connectivity index (χ2v) is 3.20. The topological polar surface area (TPSA) is 40.7 Å². The summed E-state index contributed by atoms with van der Waals surface area (Å²) in [5, 5.41) is 3.28. The summed E-state index contributed by atoms with van der Waals surface area (Å²) in [5.41, 5.74) is 0. The number of halogens is 1. The summed E-state index contributed by atoms with van der Waals surface area (Å²) in [5.74, 6) is 1.06. The molecule has 14 heavy (non-hydrogen) atoms. The van der Waals surface area contributed by atoms with E-state index in [0.29, 0.717) is 0 Å². The van der Waals surface area contributed by atoms with Crippen LogP contribution < -0.4 is 5.32 Å². The van der Waals surface area contributed by atoms with Gasteiger partial charge in [0.05, 0.1) is 0 Å². The third-order valence-corrected chi connectivity index (χ3v) is 2.10. The van der Waals surface area contributed by atoms with Gasteiger partial charge in [-0.2, -0.15) is 0 Å². The van der Waals surface area contributed by atoms with Crippen LogP contribution in [0.5, 0.6) is 0 Å². The van der Waals surface area contributed by atoms with Crippen molar-refractivity contribution >= 4 is 12.4 Å². The largest absolute Gasteiger partial charge is 0.349 e. The lowest BCUT2D eigenvalue weighted by Gasteiger charge is -2.08. The normalized spacial score (nSPS) is 14.9. The van der Waals surface area contributed by atoms with Crippen molar-refractivity contribution in [3.05, 3.63) is 18.2 Å². The van der Waals surface area contributed by atoms with Crippen LogP contribution in [0.2, 0.25) is 0 Å². The van der Waals surface area contributed by atoms with E-state index >= 15 is 0 Å². The molecule has 1 saturated heterocycles. The molecule has 0 amide bonds. The fourth-order valence-corrected chi connectivity index (χ4v) is 1.29. The third kappa shape index (κ3) is 6.00. The molecule has 2 heterocycles. The molecule has 0 unspecified atom stereocenters. The fourth-order valence-electron chi connectivity index (χ4n) is 1.29. The highest BCUT2D eigenvalue weighted by atomic mass is 35.5. The van der Waals surface area contributed by atoms with E-state index in [-0.39, 0.29) is 12.4 Å². The Hall–Kier alpha value is -0.540. The van der Waals surface area contributed by atoms with E-state index in [9.17, 15) is 0 Å². The first kappa shape index (κ1) is 13.5. The number of hydrogen-bond acceptors (Lipinski definition) is 2. The predicted octanol–water partition coefficient (Wildman–Crippen LogP) is 2.15. The maximum atomic E-state index is 3.98. The molecule has 0 bridgehead atoms. The Morgan fingerprint density at radius 1 is 1.29 bits per heavy atom. The summed E-state index contributed by atoms with van der Waals surface area (Å²) in [6, 6.07) is 0. The molecule has 2 N–H and O–H groups in total. The molecule has 1 aliphatic heterocycles. The highest BCUT2D eigenvalue weighted by molar-refractivity contribution is 5.85. The number of aromatic amines is 1. The van der Waals surface area contributed by atoms with Crippen molar-refractivity contribution in [2.24, 2.45) is 0 Å². The maximum Gasteiger partial charge on any atom is 0.105 e. The number of hydrogen-bond donors (Lipinski definition) is 2. The van der Waals surface area contributed by atoms with E-state index in [1.54, 1.807) is 6.20 Å². The van der Waals surface area contributed by atoms with Crippen molar-refractivity contribution in [3.8, 4) is 0 Å². The highest BCUT2D eigenvalue weighted by Gasteiger charge is 1.93. The van der Waals surface area contributed by atoms with Crippen molar-refractivity contribution in [2.75, 3.05) is 13.1 Å². The van der Waals surface area contributed by atoms with E-state index in [4.69, 9.17) is 0 Å². The zero-order chi connectivity index (χ0) is 9.36. The summed E-state index contributed by atoms with van der Waals surface area (Å²) in [6.45, 7) is 4.57. The van der Waals surface area contributed by atoms with Gasteiger partial charge in [-0.15, -0.1) is 12.4 Å². The molecule has 4 heteroatoms. The molecule has 82 valence electrons. The van der Waals surface area contributed by atoms with Crippen molar-refractivity contribution in [2.45, 2.75) is 32.6 Å². The molecule has 0 radical (unpaired) electrons. The monoisotopic (exact) mass is 217 g/mol. The van der Waals surface area contributed by atoms with Crippen LogP contribution in [0.3, 0.4) is 0 Å². The van der Waals surface area contributed by atoms with Crippen LogP contribution in [0.25, 0.3) is 0 Å². The number of piperidine rings is 1. The van der Waals surface area contributed by atoms with Gasteiger partial charge in [-0.1, -0.05) is 13.3 Å². The standard InChI is InChI=1S/C5H8N2.C5H11N.ClH/c1-2-5-6-3-4-7-5;1-2-4-6-5-3-1;/h3-4H,2H2,1H3,(H,6,7);6H,1-5H2;1H. The summed E-state index contributed by atoms with van der Waals surface area (Å²) < 4.78 is 0. The summed E-state index contributed by atoms with van der Waals surface area (Å²) in [7, 11) is 0. The summed E-state index contributed by atoms with van der Waals surface area (Å²) in [6.07, 6.45) is 8.80. The molecular weight excluding hydrogens is 198 g/mol. The van der Waals surface area contributed by atoms with Crippen molar-refractivity contribution in [3.63, 3.8) is 0 Å². The molecule has 3 nitrogen and oxygen atoms in total. The second kappa shape index (κ2) is 9.03. The van der Waals surface area contributed by atoms with Crippen LogP contribution in [0.4, 0.5) is 0 Å². The lowest BCUT2D eigenvalue weighted by Crippen LogP contribution is -2.21. The Morgan fingerprint density at radius 2 is 2.00 bits per heavy atom. The van der Waals surface area contributed by atoms with Crippen molar-refractivity contribution in [1.29, 1.82) is 0 Å². The summed E-state index contributed by atoms with van der Waals surface area (Å²) >= 11 is 0. The number of imidazole rings is 1. The number of nitrogens with one attached hydrogen (secondary N) is 2. The first-order valence-electron chi connectivity index (χ1n) is 5.12. The highest BCUT2D eigenvalue weighted by Crippen LogP contribution is 1.96. The van der Waals surface area contributed by atoms with E-state index in [1.165, 1.54) is 32.4 Å². The zero-order valence-corrected chi connectivity index (χ0v) is 9.57. The Kier molecular flexibility index (Phi) is 8.68. The van der Waals surface area contributed by atoms with Crippen LogP contribution in [-0.4, -0.2) is 23.1 Å². The molecule has 0 aromatic carbocycles. The maximum absolute atomic E-state index is 3.98. The van der Waals surface area contributed by atoms with Crippen LogP contribution in [0.15, 0.2) is 12.4 Å². The van der Waals surface area contributed by atoms with Crippen molar-refractivity contribution < 1.29 is 0 Å². The van der Waals surface area contributed by atoms with Crippen LogP contribution in [-0.2, 0) is 6.42 Å². The SMILES string of the molecule is C1CCNCC1.CCc1ncc[nH]1.Cl. The number of aryl methyl sites for hydroxylation is 1. The van der Waals surface area contributed by atoms with Gasteiger partial charge in [-0.25, -0.2) is 4.98 Å². The Balaban J connectivity index is 0.000000227. The van der Waals surface area contributed by atoms with Gasteiger partial charge in [0.15, 0.2) is 0 Å². The van der Waals surface area contributed by atoms with E-state index in [1.807, 2.05) is 6.20 Å². The fraction of sp³-hybridized carbons (Fsp3) is 0.700. The van der Waals surface area contributed by atoms with Gasteiger partial charge < -0.3 is 10.3 Å². The van der Waals surface area contributed by atoms with Gasteiger partial charge in [0.25, 0.3) is 0 Å². The minimum Gasteiger partial charge on any atom is -0.349 e. The number of H-pyrrole nitrogens is 1. The van der Waals surface area contributed by atoms with Gasteiger partial charge in [0, 0.05) is 18.8 Å². The molecule has 2 rings (SSSR count). The first-order valence-corrected chi connectivity index (χ1v) is 5.12. The van der Waals surface area contributed by atoms with E-state index < -0.39 is 0 Å². The molecule has 0 aliphatic carbocycles. The van der Waals surface area contributed by atoms with Crippen LogP contribution in [0, 0.1) is 0 Å². The van der Waals surface area contributed by atoms with Crippen molar-refractivity contribution in [1.82, 2.24) is 15.3 Å². The first-order chi connectivity index (χ1) is 6.43. The van der Waals surface area contributed by atoms with E-state index in [2.05, 4.69) is 22.2 Å². The molecule has 1 fully saturated rings.